The molecule has 196 valence electrons. The van der Waals surface area contributed by atoms with E-state index < -0.39 is 5.92 Å². The summed E-state index contributed by atoms with van der Waals surface area (Å²) in [7, 11) is 1.63. The molecule has 2 aliphatic rings. The summed E-state index contributed by atoms with van der Waals surface area (Å²) in [4.78, 5) is 32.7. The number of amides is 2. The second-order valence-electron chi connectivity index (χ2n) is 9.80. The average Bonchev–Trinajstić information content (AvgIpc) is 3.71. The molecular weight excluding hydrogens is 486 g/mol. The zero-order valence-electron chi connectivity index (χ0n) is 21.3. The summed E-state index contributed by atoms with van der Waals surface area (Å²) in [5.41, 5.74) is 1.39. The molecule has 0 unspecified atom stereocenters. The van der Waals surface area contributed by atoms with Crippen LogP contribution < -0.4 is 5.32 Å². The van der Waals surface area contributed by atoms with Crippen molar-refractivity contribution in [3.63, 3.8) is 0 Å². The van der Waals surface area contributed by atoms with Crippen molar-refractivity contribution < 1.29 is 18.7 Å². The lowest BCUT2D eigenvalue weighted by Gasteiger charge is -2.41. The number of ether oxygens (including phenoxy) is 1. The number of methoxy groups -OCH3 is 1. The minimum absolute atomic E-state index is 0.0508. The van der Waals surface area contributed by atoms with Crippen molar-refractivity contribution in [1.82, 2.24) is 15.1 Å². The predicted octanol–water partition coefficient (Wildman–Crippen LogP) is 4.83. The van der Waals surface area contributed by atoms with Gasteiger partial charge in [-0.1, -0.05) is 37.1 Å². The van der Waals surface area contributed by atoms with Gasteiger partial charge in [0.05, 0.1) is 31.4 Å². The van der Waals surface area contributed by atoms with Crippen LogP contribution in [0.5, 0.6) is 0 Å². The van der Waals surface area contributed by atoms with E-state index in [1.807, 2.05) is 58.8 Å². The van der Waals surface area contributed by atoms with Crippen LogP contribution in [0.3, 0.4) is 0 Å². The van der Waals surface area contributed by atoms with Crippen molar-refractivity contribution >= 4 is 23.2 Å². The molecule has 1 fully saturated rings. The Morgan fingerprint density at radius 1 is 1.16 bits per heavy atom. The van der Waals surface area contributed by atoms with Crippen LogP contribution in [-0.4, -0.2) is 61.0 Å². The normalized spacial score (nSPS) is 19.9. The SMILES string of the molecule is COCCN1C(=O)c2ccccc2[C@@H](C(=O)NCCN(Cc2ccco2)C2CCCC2)[C@@H]1c1cccs1. The molecule has 37 heavy (non-hydrogen) atoms. The zero-order chi connectivity index (χ0) is 25.6. The first-order valence-electron chi connectivity index (χ1n) is 13.1. The Bertz CT molecular complexity index is 1160. The van der Waals surface area contributed by atoms with Crippen LogP contribution >= 0.6 is 11.3 Å². The third-order valence-corrected chi connectivity index (χ3v) is 8.51. The van der Waals surface area contributed by atoms with Crippen LogP contribution in [-0.2, 0) is 16.1 Å². The van der Waals surface area contributed by atoms with E-state index in [9.17, 15) is 9.59 Å². The number of rotatable bonds is 11. The van der Waals surface area contributed by atoms with E-state index in [0.717, 1.165) is 29.3 Å². The summed E-state index contributed by atoms with van der Waals surface area (Å²) in [5, 5.41) is 5.23. The lowest BCUT2D eigenvalue weighted by atomic mass is 9.81. The third kappa shape index (κ3) is 5.66. The van der Waals surface area contributed by atoms with E-state index in [1.165, 1.54) is 25.7 Å². The Hall–Kier alpha value is -2.94. The molecule has 1 aromatic carbocycles. The quantitative estimate of drug-likeness (QED) is 0.391. The van der Waals surface area contributed by atoms with Gasteiger partial charge in [-0.3, -0.25) is 14.5 Å². The van der Waals surface area contributed by atoms with E-state index in [-0.39, 0.29) is 17.9 Å². The molecule has 0 bridgehead atoms. The van der Waals surface area contributed by atoms with Crippen LogP contribution in [0.1, 0.15) is 64.2 Å². The second-order valence-corrected chi connectivity index (χ2v) is 10.8. The van der Waals surface area contributed by atoms with Gasteiger partial charge in [0.2, 0.25) is 5.91 Å². The largest absolute Gasteiger partial charge is 0.468 e. The summed E-state index contributed by atoms with van der Waals surface area (Å²) in [5.74, 6) is 0.352. The Balaban J connectivity index is 1.36. The summed E-state index contributed by atoms with van der Waals surface area (Å²) < 4.78 is 10.9. The standard InChI is InChI=1S/C29H35N3O4S/c1-35-18-16-32-27(25-13-7-19-37-25)26(23-11-4-5-12-24(23)29(32)34)28(33)30-14-15-31(21-8-2-3-9-21)20-22-10-6-17-36-22/h4-7,10-13,17,19,21,26-27H,2-3,8-9,14-16,18,20H2,1H3,(H,30,33)/t26-,27+/m1/s1. The van der Waals surface area contributed by atoms with Crippen molar-refractivity contribution in [3.05, 3.63) is 81.9 Å². The maximum absolute atomic E-state index is 13.9. The molecule has 3 heterocycles. The Kier molecular flexibility index (Phi) is 8.38. The first kappa shape index (κ1) is 25.7. The molecule has 7 nitrogen and oxygen atoms in total. The first-order valence-corrected chi connectivity index (χ1v) is 14.0. The van der Waals surface area contributed by atoms with Crippen molar-refractivity contribution in [3.8, 4) is 0 Å². The number of hydrogen-bond donors (Lipinski definition) is 1. The maximum Gasteiger partial charge on any atom is 0.254 e. The summed E-state index contributed by atoms with van der Waals surface area (Å²) in [6.07, 6.45) is 6.58. The Morgan fingerprint density at radius 3 is 2.73 bits per heavy atom. The number of benzene rings is 1. The van der Waals surface area contributed by atoms with Gasteiger partial charge in [0, 0.05) is 43.2 Å². The Morgan fingerprint density at radius 2 is 2.00 bits per heavy atom. The van der Waals surface area contributed by atoms with Gasteiger partial charge in [-0.05, 0) is 48.1 Å². The number of furan rings is 1. The highest BCUT2D eigenvalue weighted by molar-refractivity contribution is 7.10. The molecule has 3 aromatic rings. The summed E-state index contributed by atoms with van der Waals surface area (Å²) >= 11 is 1.58. The minimum Gasteiger partial charge on any atom is -0.468 e. The van der Waals surface area contributed by atoms with Gasteiger partial charge in [0.1, 0.15) is 5.76 Å². The van der Waals surface area contributed by atoms with E-state index in [0.29, 0.717) is 31.3 Å². The average molecular weight is 522 g/mol. The fourth-order valence-electron chi connectivity index (χ4n) is 5.78. The number of thiophene rings is 1. The van der Waals surface area contributed by atoms with E-state index >= 15 is 0 Å². The molecule has 2 atom stereocenters. The van der Waals surface area contributed by atoms with Crippen molar-refractivity contribution in [1.29, 1.82) is 0 Å². The van der Waals surface area contributed by atoms with Crippen LogP contribution in [0.25, 0.3) is 0 Å². The number of hydrogen-bond acceptors (Lipinski definition) is 6. The van der Waals surface area contributed by atoms with Crippen molar-refractivity contribution in [2.24, 2.45) is 0 Å². The highest BCUT2D eigenvalue weighted by Gasteiger charge is 2.44. The third-order valence-electron chi connectivity index (χ3n) is 7.57. The monoisotopic (exact) mass is 521 g/mol. The molecule has 2 aromatic heterocycles. The lowest BCUT2D eigenvalue weighted by molar-refractivity contribution is -0.124. The predicted molar refractivity (Wildman–Crippen MR) is 144 cm³/mol. The molecule has 0 radical (unpaired) electrons. The molecule has 8 heteroatoms. The number of carbonyl (C=O) groups excluding carboxylic acids is 2. The van der Waals surface area contributed by atoms with Crippen LogP contribution in [0.4, 0.5) is 0 Å². The van der Waals surface area contributed by atoms with Gasteiger partial charge in [-0.15, -0.1) is 11.3 Å². The van der Waals surface area contributed by atoms with Crippen LogP contribution in [0.15, 0.2) is 64.6 Å². The van der Waals surface area contributed by atoms with Gasteiger partial charge < -0.3 is 19.4 Å². The van der Waals surface area contributed by atoms with Gasteiger partial charge in [-0.25, -0.2) is 0 Å². The Labute approximate surface area is 222 Å². The molecule has 1 N–H and O–H groups in total. The minimum atomic E-state index is -0.491. The molecule has 1 aliphatic carbocycles. The zero-order valence-corrected chi connectivity index (χ0v) is 22.1. The fourth-order valence-corrected chi connectivity index (χ4v) is 6.66. The van der Waals surface area contributed by atoms with Crippen LogP contribution in [0, 0.1) is 0 Å². The molecule has 1 aliphatic heterocycles. The molecule has 0 saturated heterocycles. The highest BCUT2D eigenvalue weighted by atomic mass is 32.1. The van der Waals surface area contributed by atoms with Crippen LogP contribution in [0.2, 0.25) is 0 Å². The number of nitrogens with zero attached hydrogens (tertiary/aromatic N) is 2. The summed E-state index contributed by atoms with van der Waals surface area (Å²) in [6.45, 7) is 2.87. The number of nitrogens with one attached hydrogen (secondary N) is 1. The maximum atomic E-state index is 13.9. The van der Waals surface area contributed by atoms with Gasteiger partial charge in [-0.2, -0.15) is 0 Å². The van der Waals surface area contributed by atoms with Gasteiger partial charge in [0.25, 0.3) is 5.91 Å². The van der Waals surface area contributed by atoms with E-state index in [2.05, 4.69) is 10.2 Å². The molecule has 0 spiro atoms. The van der Waals surface area contributed by atoms with E-state index in [4.69, 9.17) is 9.15 Å². The second kappa shape index (κ2) is 12.1. The van der Waals surface area contributed by atoms with Crippen molar-refractivity contribution in [2.75, 3.05) is 33.4 Å². The van der Waals surface area contributed by atoms with E-state index in [1.54, 1.807) is 24.7 Å². The number of carbonyl (C=O) groups is 2. The molecule has 2 amide bonds. The molecule has 1 saturated carbocycles. The number of fused-ring (bicyclic) bond motifs is 1. The first-order chi connectivity index (χ1) is 18.2. The molecular formula is C29H35N3O4S. The van der Waals surface area contributed by atoms with Gasteiger partial charge >= 0.3 is 0 Å². The molecule has 5 rings (SSSR count). The highest BCUT2D eigenvalue weighted by Crippen LogP contribution is 2.44. The topological polar surface area (TPSA) is 75.0 Å². The summed E-state index contributed by atoms with van der Waals surface area (Å²) in [6, 6.07) is 15.6. The lowest BCUT2D eigenvalue weighted by Crippen LogP contribution is -2.49. The smallest absolute Gasteiger partial charge is 0.254 e. The fraction of sp³-hybridized carbons (Fsp3) is 0.448. The van der Waals surface area contributed by atoms with Crippen molar-refractivity contribution in [2.45, 2.75) is 50.2 Å². The van der Waals surface area contributed by atoms with Gasteiger partial charge in [0.15, 0.2) is 0 Å².